The van der Waals surface area contributed by atoms with E-state index >= 15 is 0 Å². The lowest BCUT2D eigenvalue weighted by Gasteiger charge is -2.22. The third-order valence-electron chi connectivity index (χ3n) is 2.44. The molecule has 0 aliphatic heterocycles. The van der Waals surface area contributed by atoms with Crippen molar-refractivity contribution >= 4 is 33.8 Å². The SMILES string of the molecule is Cc1nc(C)c(S(=O)(=O)N(C)C(C)CN)s1.Cl. The molecular formula is C9H18ClN3O2S2. The summed E-state index contributed by atoms with van der Waals surface area (Å²) in [6, 6.07) is -0.216. The first-order valence-electron chi connectivity index (χ1n) is 4.92. The Hall–Kier alpha value is -0.210. The lowest BCUT2D eigenvalue weighted by molar-refractivity contribution is 0.395. The maximum atomic E-state index is 12.2. The second-order valence-electron chi connectivity index (χ2n) is 3.71. The smallest absolute Gasteiger partial charge is 0.254 e. The van der Waals surface area contributed by atoms with Gasteiger partial charge in [-0.1, -0.05) is 0 Å². The number of rotatable bonds is 4. The van der Waals surface area contributed by atoms with E-state index in [1.54, 1.807) is 27.8 Å². The molecule has 1 aromatic heterocycles. The van der Waals surface area contributed by atoms with Crippen LogP contribution < -0.4 is 5.73 Å². The lowest BCUT2D eigenvalue weighted by Crippen LogP contribution is -2.39. The molecule has 0 amide bonds. The molecule has 2 N–H and O–H groups in total. The van der Waals surface area contributed by atoms with Gasteiger partial charge in [0, 0.05) is 19.6 Å². The molecule has 0 radical (unpaired) electrons. The summed E-state index contributed by atoms with van der Waals surface area (Å²) in [5.41, 5.74) is 6.03. The second-order valence-corrected chi connectivity index (χ2v) is 7.11. The van der Waals surface area contributed by atoms with Crippen LogP contribution >= 0.6 is 23.7 Å². The summed E-state index contributed by atoms with van der Waals surface area (Å²) in [5, 5.41) is 0.755. The van der Waals surface area contributed by atoms with Crippen molar-refractivity contribution in [2.75, 3.05) is 13.6 Å². The number of sulfonamides is 1. The molecule has 1 unspecified atom stereocenters. The molecule has 100 valence electrons. The Kier molecular flexibility index (Phi) is 6.03. The van der Waals surface area contributed by atoms with E-state index in [-0.39, 0.29) is 18.4 Å². The average Bonchev–Trinajstić information content (AvgIpc) is 2.56. The molecule has 17 heavy (non-hydrogen) atoms. The highest BCUT2D eigenvalue weighted by Gasteiger charge is 2.28. The van der Waals surface area contributed by atoms with Crippen molar-refractivity contribution in [3.8, 4) is 0 Å². The van der Waals surface area contributed by atoms with Gasteiger partial charge in [-0.05, 0) is 20.8 Å². The van der Waals surface area contributed by atoms with Crippen LogP contribution in [0.4, 0.5) is 0 Å². The average molecular weight is 300 g/mol. The molecule has 1 aromatic rings. The summed E-state index contributed by atoms with van der Waals surface area (Å²) in [4.78, 5) is 4.13. The molecule has 1 rings (SSSR count). The number of nitrogens with two attached hydrogens (primary N) is 1. The first-order valence-corrected chi connectivity index (χ1v) is 7.18. The van der Waals surface area contributed by atoms with E-state index in [0.29, 0.717) is 16.4 Å². The summed E-state index contributed by atoms with van der Waals surface area (Å²) in [5.74, 6) is 0. The van der Waals surface area contributed by atoms with Crippen LogP contribution in [0.5, 0.6) is 0 Å². The van der Waals surface area contributed by atoms with Crippen LogP contribution in [0.25, 0.3) is 0 Å². The molecule has 0 bridgehead atoms. The Morgan fingerprint density at radius 3 is 2.35 bits per heavy atom. The second kappa shape index (κ2) is 6.10. The summed E-state index contributed by atoms with van der Waals surface area (Å²) in [6.07, 6.45) is 0. The third kappa shape index (κ3) is 3.38. The minimum absolute atomic E-state index is 0. The number of likely N-dealkylation sites (N-methyl/N-ethyl adjacent to an activating group) is 1. The van der Waals surface area contributed by atoms with Crippen LogP contribution in [0.15, 0.2) is 4.21 Å². The Balaban J connectivity index is 0.00000256. The first kappa shape index (κ1) is 16.8. The van der Waals surface area contributed by atoms with Crippen LogP contribution in [-0.4, -0.2) is 37.3 Å². The fourth-order valence-corrected chi connectivity index (χ4v) is 4.29. The van der Waals surface area contributed by atoms with Crippen LogP contribution in [0, 0.1) is 13.8 Å². The third-order valence-corrected chi connectivity index (χ3v) is 6.07. The molecule has 0 saturated heterocycles. The van der Waals surface area contributed by atoms with Crippen molar-refractivity contribution in [3.05, 3.63) is 10.7 Å². The van der Waals surface area contributed by atoms with Crippen LogP contribution in [0.1, 0.15) is 17.6 Å². The van der Waals surface area contributed by atoms with E-state index in [2.05, 4.69) is 4.98 Å². The van der Waals surface area contributed by atoms with Gasteiger partial charge < -0.3 is 5.73 Å². The molecule has 1 heterocycles. The van der Waals surface area contributed by atoms with Crippen molar-refractivity contribution in [2.24, 2.45) is 5.73 Å². The highest BCUT2D eigenvalue weighted by Crippen LogP contribution is 2.26. The van der Waals surface area contributed by atoms with Gasteiger partial charge in [0.25, 0.3) is 10.0 Å². The van der Waals surface area contributed by atoms with E-state index in [4.69, 9.17) is 5.73 Å². The zero-order valence-corrected chi connectivity index (χ0v) is 12.7. The standard InChI is InChI=1S/C9H17N3O2S2.ClH/c1-6(5-10)12(4)16(13,14)9-7(2)11-8(3)15-9;/h6H,5,10H2,1-4H3;1H. The number of nitrogens with zero attached hydrogens (tertiary/aromatic N) is 2. The minimum Gasteiger partial charge on any atom is -0.329 e. The molecule has 5 nitrogen and oxygen atoms in total. The van der Waals surface area contributed by atoms with E-state index < -0.39 is 10.0 Å². The molecule has 0 fully saturated rings. The lowest BCUT2D eigenvalue weighted by atomic mass is 10.4. The Bertz CT molecular complexity index is 473. The monoisotopic (exact) mass is 299 g/mol. The predicted molar refractivity (Wildman–Crippen MR) is 72.3 cm³/mol. The number of hydrogen-bond acceptors (Lipinski definition) is 5. The first-order chi connectivity index (χ1) is 7.30. The topological polar surface area (TPSA) is 76.3 Å². The molecular weight excluding hydrogens is 282 g/mol. The number of aryl methyl sites for hydroxylation is 2. The van der Waals surface area contributed by atoms with Crippen LogP contribution in [0.3, 0.4) is 0 Å². The van der Waals surface area contributed by atoms with Crippen molar-refractivity contribution in [1.29, 1.82) is 0 Å². The minimum atomic E-state index is -3.45. The van der Waals surface area contributed by atoms with Gasteiger partial charge in [-0.3, -0.25) is 0 Å². The predicted octanol–water partition coefficient (Wildman–Crippen LogP) is 1.15. The van der Waals surface area contributed by atoms with Crippen molar-refractivity contribution in [2.45, 2.75) is 31.0 Å². The summed E-state index contributed by atoms with van der Waals surface area (Å²) >= 11 is 1.20. The van der Waals surface area contributed by atoms with E-state index in [0.717, 1.165) is 5.01 Å². The van der Waals surface area contributed by atoms with Gasteiger partial charge in [-0.2, -0.15) is 4.31 Å². The van der Waals surface area contributed by atoms with Crippen LogP contribution in [-0.2, 0) is 10.0 Å². The Morgan fingerprint density at radius 2 is 2.00 bits per heavy atom. The zero-order valence-electron chi connectivity index (χ0n) is 10.3. The number of aromatic nitrogens is 1. The van der Waals surface area contributed by atoms with Crippen molar-refractivity contribution < 1.29 is 8.42 Å². The molecule has 0 aliphatic carbocycles. The molecule has 1 atom stereocenters. The number of hydrogen-bond donors (Lipinski definition) is 1. The maximum Gasteiger partial charge on any atom is 0.254 e. The fraction of sp³-hybridized carbons (Fsp3) is 0.667. The van der Waals surface area contributed by atoms with Gasteiger partial charge in [0.2, 0.25) is 0 Å². The highest BCUT2D eigenvalue weighted by molar-refractivity contribution is 7.91. The normalized spacial score (nSPS) is 13.5. The van der Waals surface area contributed by atoms with E-state index in [9.17, 15) is 8.42 Å². The Labute approximate surface area is 112 Å². The molecule has 0 aromatic carbocycles. The quantitative estimate of drug-likeness (QED) is 0.905. The highest BCUT2D eigenvalue weighted by atomic mass is 35.5. The summed E-state index contributed by atoms with van der Waals surface area (Å²) in [7, 11) is -1.91. The fourth-order valence-electron chi connectivity index (χ4n) is 1.27. The van der Waals surface area contributed by atoms with Gasteiger partial charge in [0.15, 0.2) is 4.21 Å². The Morgan fingerprint density at radius 1 is 1.47 bits per heavy atom. The van der Waals surface area contributed by atoms with E-state index in [1.165, 1.54) is 15.6 Å². The van der Waals surface area contributed by atoms with Gasteiger partial charge in [-0.15, -0.1) is 23.7 Å². The summed E-state index contributed by atoms with van der Waals surface area (Å²) < 4.78 is 26.0. The zero-order chi connectivity index (χ0) is 12.5. The van der Waals surface area contributed by atoms with Crippen LogP contribution in [0.2, 0.25) is 0 Å². The van der Waals surface area contributed by atoms with Gasteiger partial charge in [0.05, 0.1) is 10.7 Å². The number of thiazole rings is 1. The van der Waals surface area contributed by atoms with E-state index in [1.807, 2.05) is 0 Å². The molecule has 8 heteroatoms. The van der Waals surface area contributed by atoms with Gasteiger partial charge >= 0.3 is 0 Å². The molecule has 0 aliphatic rings. The largest absolute Gasteiger partial charge is 0.329 e. The summed E-state index contributed by atoms with van der Waals surface area (Å²) in [6.45, 7) is 5.58. The van der Waals surface area contributed by atoms with Gasteiger partial charge in [0.1, 0.15) is 0 Å². The van der Waals surface area contributed by atoms with Gasteiger partial charge in [-0.25, -0.2) is 13.4 Å². The molecule has 0 spiro atoms. The number of halogens is 1. The maximum absolute atomic E-state index is 12.2. The van der Waals surface area contributed by atoms with Crippen molar-refractivity contribution in [3.63, 3.8) is 0 Å². The molecule has 0 saturated carbocycles. The van der Waals surface area contributed by atoms with Crippen molar-refractivity contribution in [1.82, 2.24) is 9.29 Å².